The summed E-state index contributed by atoms with van der Waals surface area (Å²) in [4.78, 5) is 10.4. The fourth-order valence-corrected chi connectivity index (χ4v) is 1.43. The average molecular weight is 271 g/mol. The van der Waals surface area contributed by atoms with Gasteiger partial charge in [-0.15, -0.1) is 0 Å². The first-order valence-electron chi connectivity index (χ1n) is 5.74. The molecule has 1 rings (SSSR count). The minimum absolute atomic E-state index is 0.0943. The van der Waals surface area contributed by atoms with Crippen molar-refractivity contribution < 1.29 is 20.2 Å². The molecule has 1 aromatic carbocycles. The number of aliphatic hydroxyl groups is 3. The van der Waals surface area contributed by atoms with Crippen molar-refractivity contribution in [3.8, 4) is 0 Å². The fraction of sp³-hybridized carbons (Fsp3) is 0.455. The van der Waals surface area contributed by atoms with E-state index < -0.39 is 11.0 Å². The van der Waals surface area contributed by atoms with Gasteiger partial charge in [-0.2, -0.15) is 0 Å². The van der Waals surface area contributed by atoms with Crippen LogP contribution in [0.1, 0.15) is 0 Å². The number of rotatable bonds is 8. The molecular formula is C11H17N3O5. The van der Waals surface area contributed by atoms with Gasteiger partial charge in [0.05, 0.1) is 24.2 Å². The summed E-state index contributed by atoms with van der Waals surface area (Å²) in [6, 6.07) is 4.45. The van der Waals surface area contributed by atoms with E-state index in [0.29, 0.717) is 11.4 Å². The Labute approximate surface area is 109 Å². The van der Waals surface area contributed by atoms with Crippen molar-refractivity contribution in [3.05, 3.63) is 28.3 Å². The number of anilines is 2. The summed E-state index contributed by atoms with van der Waals surface area (Å²) >= 11 is 0. The molecule has 1 unspecified atom stereocenters. The molecule has 0 aliphatic rings. The number of hydrogen-bond donors (Lipinski definition) is 5. The Morgan fingerprint density at radius 1 is 1.32 bits per heavy atom. The summed E-state index contributed by atoms with van der Waals surface area (Å²) in [6.45, 7) is -0.195. The third-order valence-electron chi connectivity index (χ3n) is 2.37. The Kier molecular flexibility index (Phi) is 6.00. The van der Waals surface area contributed by atoms with Crippen molar-refractivity contribution in [1.82, 2.24) is 0 Å². The van der Waals surface area contributed by atoms with Gasteiger partial charge in [0.25, 0.3) is 5.69 Å². The molecule has 0 amide bonds. The predicted octanol–water partition coefficient (Wildman–Crippen LogP) is -0.236. The molecule has 0 saturated heterocycles. The van der Waals surface area contributed by atoms with Crippen molar-refractivity contribution in [1.29, 1.82) is 0 Å². The van der Waals surface area contributed by atoms with Crippen LogP contribution >= 0.6 is 0 Å². The molecule has 0 fully saturated rings. The van der Waals surface area contributed by atoms with Crippen LogP contribution in [0.15, 0.2) is 18.2 Å². The van der Waals surface area contributed by atoms with Gasteiger partial charge >= 0.3 is 0 Å². The molecule has 8 heteroatoms. The second-order valence-electron chi connectivity index (χ2n) is 3.86. The molecule has 5 N–H and O–H groups in total. The zero-order chi connectivity index (χ0) is 14.3. The van der Waals surface area contributed by atoms with E-state index in [4.69, 9.17) is 10.2 Å². The van der Waals surface area contributed by atoms with Crippen LogP contribution in [0.4, 0.5) is 17.1 Å². The quantitative estimate of drug-likeness (QED) is 0.326. The molecule has 0 radical (unpaired) electrons. The maximum atomic E-state index is 10.9. The molecule has 1 atom stereocenters. The third kappa shape index (κ3) is 4.70. The van der Waals surface area contributed by atoms with E-state index in [-0.39, 0.29) is 32.0 Å². The Bertz CT molecular complexity index is 427. The second kappa shape index (κ2) is 7.52. The molecule has 106 valence electrons. The highest BCUT2D eigenvalue weighted by atomic mass is 16.6. The molecule has 0 aliphatic carbocycles. The van der Waals surface area contributed by atoms with Crippen LogP contribution in [0.25, 0.3) is 0 Å². The molecule has 19 heavy (non-hydrogen) atoms. The van der Waals surface area contributed by atoms with E-state index in [1.165, 1.54) is 12.1 Å². The highest BCUT2D eigenvalue weighted by Gasteiger charge is 2.14. The van der Waals surface area contributed by atoms with Gasteiger partial charge in [0, 0.05) is 24.8 Å². The first-order chi connectivity index (χ1) is 9.08. The monoisotopic (exact) mass is 271 g/mol. The van der Waals surface area contributed by atoms with Gasteiger partial charge in [0.2, 0.25) is 0 Å². The van der Waals surface area contributed by atoms with Crippen molar-refractivity contribution in [2.45, 2.75) is 6.10 Å². The Morgan fingerprint density at radius 2 is 2.05 bits per heavy atom. The summed E-state index contributed by atoms with van der Waals surface area (Å²) in [5, 5.41) is 43.0. The van der Waals surface area contributed by atoms with Crippen LogP contribution in [0.5, 0.6) is 0 Å². The molecule has 0 aliphatic heterocycles. The van der Waals surface area contributed by atoms with Gasteiger partial charge in [-0.25, -0.2) is 0 Å². The molecule has 0 bridgehead atoms. The second-order valence-corrected chi connectivity index (χ2v) is 3.86. The van der Waals surface area contributed by atoms with Crippen LogP contribution in [-0.4, -0.2) is 52.7 Å². The lowest BCUT2D eigenvalue weighted by Gasteiger charge is -2.11. The van der Waals surface area contributed by atoms with E-state index in [9.17, 15) is 15.2 Å². The van der Waals surface area contributed by atoms with Crippen LogP contribution in [-0.2, 0) is 0 Å². The smallest absolute Gasteiger partial charge is 0.294 e. The number of nitro benzene ring substituents is 1. The standard InChI is InChI=1S/C11H17N3O5/c15-4-3-12-10-2-1-8(5-11(10)14(18)19)13-6-9(17)7-16/h1-2,5,9,12-13,15-17H,3-4,6-7H2. The lowest BCUT2D eigenvalue weighted by atomic mass is 10.2. The molecule has 1 aromatic rings. The lowest BCUT2D eigenvalue weighted by molar-refractivity contribution is -0.383. The summed E-state index contributed by atoms with van der Waals surface area (Å²) in [5.41, 5.74) is 0.651. The Morgan fingerprint density at radius 3 is 2.63 bits per heavy atom. The number of hydrogen-bond acceptors (Lipinski definition) is 7. The predicted molar refractivity (Wildman–Crippen MR) is 70.3 cm³/mol. The maximum absolute atomic E-state index is 10.9. The van der Waals surface area contributed by atoms with Gasteiger partial charge in [-0.05, 0) is 12.1 Å². The van der Waals surface area contributed by atoms with Crippen LogP contribution < -0.4 is 10.6 Å². The zero-order valence-electron chi connectivity index (χ0n) is 10.2. The number of nitro groups is 1. The van der Waals surface area contributed by atoms with Gasteiger partial charge in [0.15, 0.2) is 0 Å². The molecular weight excluding hydrogens is 254 g/mol. The van der Waals surface area contributed by atoms with Crippen molar-refractivity contribution in [3.63, 3.8) is 0 Å². The van der Waals surface area contributed by atoms with E-state index >= 15 is 0 Å². The Hall–Kier alpha value is -1.90. The molecule has 0 aromatic heterocycles. The van der Waals surface area contributed by atoms with Gasteiger partial charge in [0.1, 0.15) is 5.69 Å². The maximum Gasteiger partial charge on any atom is 0.294 e. The Balaban J connectivity index is 2.80. The SMILES string of the molecule is O=[N+]([O-])c1cc(NCC(O)CO)ccc1NCCO. The van der Waals surface area contributed by atoms with E-state index in [0.717, 1.165) is 0 Å². The number of aliphatic hydroxyl groups excluding tert-OH is 3. The zero-order valence-corrected chi connectivity index (χ0v) is 10.2. The summed E-state index contributed by atoms with van der Waals surface area (Å²) in [6.07, 6.45) is -0.925. The van der Waals surface area contributed by atoms with E-state index in [1.807, 2.05) is 0 Å². The van der Waals surface area contributed by atoms with Gasteiger partial charge in [-0.1, -0.05) is 0 Å². The minimum Gasteiger partial charge on any atom is -0.395 e. The van der Waals surface area contributed by atoms with Crippen LogP contribution in [0.3, 0.4) is 0 Å². The normalized spacial score (nSPS) is 11.9. The largest absolute Gasteiger partial charge is 0.395 e. The number of nitrogens with zero attached hydrogens (tertiary/aromatic N) is 1. The van der Waals surface area contributed by atoms with Crippen LogP contribution in [0.2, 0.25) is 0 Å². The number of benzene rings is 1. The van der Waals surface area contributed by atoms with Crippen molar-refractivity contribution in [2.24, 2.45) is 0 Å². The molecule has 0 spiro atoms. The van der Waals surface area contributed by atoms with Gasteiger partial charge < -0.3 is 26.0 Å². The van der Waals surface area contributed by atoms with Crippen molar-refractivity contribution in [2.75, 3.05) is 36.9 Å². The highest BCUT2D eigenvalue weighted by molar-refractivity contribution is 5.67. The molecule has 8 nitrogen and oxygen atoms in total. The lowest BCUT2D eigenvalue weighted by Crippen LogP contribution is -2.22. The van der Waals surface area contributed by atoms with Gasteiger partial charge in [-0.3, -0.25) is 10.1 Å². The van der Waals surface area contributed by atoms with E-state index in [2.05, 4.69) is 10.6 Å². The average Bonchev–Trinajstić information content (AvgIpc) is 2.42. The molecule has 0 heterocycles. The molecule has 0 saturated carbocycles. The topological polar surface area (TPSA) is 128 Å². The number of nitrogens with one attached hydrogen (secondary N) is 2. The first-order valence-corrected chi connectivity index (χ1v) is 5.74. The summed E-state index contributed by atoms with van der Waals surface area (Å²) in [7, 11) is 0. The summed E-state index contributed by atoms with van der Waals surface area (Å²) < 4.78 is 0. The van der Waals surface area contributed by atoms with Crippen LogP contribution in [0, 0.1) is 10.1 Å². The fourth-order valence-electron chi connectivity index (χ4n) is 1.43. The summed E-state index contributed by atoms with van der Waals surface area (Å²) in [5.74, 6) is 0. The van der Waals surface area contributed by atoms with Crippen molar-refractivity contribution >= 4 is 17.1 Å². The minimum atomic E-state index is -0.925. The first kappa shape index (κ1) is 15.2. The highest BCUT2D eigenvalue weighted by Crippen LogP contribution is 2.27. The van der Waals surface area contributed by atoms with E-state index in [1.54, 1.807) is 6.07 Å². The third-order valence-corrected chi connectivity index (χ3v) is 2.37.